The van der Waals surface area contributed by atoms with E-state index in [1.807, 2.05) is 35.7 Å². The molecule has 0 saturated heterocycles. The number of aromatic nitrogens is 2. The number of fused-ring (bicyclic) bond motifs is 3. The van der Waals surface area contributed by atoms with Crippen LogP contribution in [0.1, 0.15) is 48.3 Å². The van der Waals surface area contributed by atoms with Crippen molar-refractivity contribution in [2.24, 2.45) is 5.92 Å². The molecule has 7 heteroatoms. The van der Waals surface area contributed by atoms with Gasteiger partial charge in [0, 0.05) is 35.4 Å². The number of hydrogen-bond acceptors (Lipinski definition) is 6. The van der Waals surface area contributed by atoms with Crippen molar-refractivity contribution in [3.05, 3.63) is 93.2 Å². The summed E-state index contributed by atoms with van der Waals surface area (Å²) in [5, 5.41) is 2.79. The molecule has 4 aromatic rings. The molecule has 1 unspecified atom stereocenters. The molecule has 0 bridgehead atoms. The minimum Gasteiger partial charge on any atom is -0.488 e. The minimum absolute atomic E-state index is 0.0673. The lowest BCUT2D eigenvalue weighted by atomic mass is 9.86. The Morgan fingerprint density at radius 1 is 1.17 bits per heavy atom. The molecule has 36 heavy (non-hydrogen) atoms. The first-order chi connectivity index (χ1) is 17.5. The molecule has 0 saturated carbocycles. The highest BCUT2D eigenvalue weighted by atomic mass is 32.1. The molecule has 0 fully saturated rings. The second-order valence-corrected chi connectivity index (χ2v) is 10.1. The van der Waals surface area contributed by atoms with Crippen molar-refractivity contribution in [2.45, 2.75) is 39.8 Å². The summed E-state index contributed by atoms with van der Waals surface area (Å²) < 4.78 is 13.5. The highest BCUT2D eigenvalue weighted by molar-refractivity contribution is 7.13. The van der Waals surface area contributed by atoms with Gasteiger partial charge in [0.15, 0.2) is 5.43 Å². The van der Waals surface area contributed by atoms with Crippen molar-refractivity contribution in [1.82, 2.24) is 9.55 Å². The zero-order valence-corrected chi connectivity index (χ0v) is 21.4. The van der Waals surface area contributed by atoms with Crippen LogP contribution in [0.5, 0.6) is 5.75 Å². The third-order valence-corrected chi connectivity index (χ3v) is 7.32. The molecular weight excluding hydrogens is 472 g/mol. The van der Waals surface area contributed by atoms with Gasteiger partial charge in [-0.2, -0.15) is 0 Å². The van der Waals surface area contributed by atoms with E-state index in [4.69, 9.17) is 9.47 Å². The van der Waals surface area contributed by atoms with Gasteiger partial charge in [-0.25, -0.2) is 9.78 Å². The summed E-state index contributed by atoms with van der Waals surface area (Å²) in [6.07, 6.45) is 4.20. The summed E-state index contributed by atoms with van der Waals surface area (Å²) in [6, 6.07) is 15.9. The lowest BCUT2D eigenvalue weighted by Gasteiger charge is -2.34. The molecule has 1 aliphatic rings. The zero-order valence-electron chi connectivity index (χ0n) is 20.6. The van der Waals surface area contributed by atoms with Crippen molar-refractivity contribution < 1.29 is 14.3 Å². The predicted octanol–water partition coefficient (Wildman–Crippen LogP) is 6.15. The molecule has 0 spiro atoms. The maximum absolute atomic E-state index is 13.0. The quantitative estimate of drug-likeness (QED) is 0.285. The van der Waals surface area contributed by atoms with E-state index in [1.54, 1.807) is 36.7 Å². The van der Waals surface area contributed by atoms with Crippen LogP contribution in [0.15, 0.2) is 71.1 Å². The zero-order chi connectivity index (χ0) is 25.2. The third kappa shape index (κ3) is 4.58. The number of nitrogens with zero attached hydrogens (tertiary/aromatic N) is 2. The fraction of sp³-hybridized carbons (Fsp3) is 0.276. The first kappa shape index (κ1) is 24.0. The number of esters is 1. The van der Waals surface area contributed by atoms with Crippen molar-refractivity contribution in [1.29, 1.82) is 0 Å². The normalized spacial score (nSPS) is 14.3. The van der Waals surface area contributed by atoms with Gasteiger partial charge in [-0.15, -0.1) is 11.3 Å². The van der Waals surface area contributed by atoms with Crippen LogP contribution in [-0.4, -0.2) is 22.1 Å². The van der Waals surface area contributed by atoms with Gasteiger partial charge < -0.3 is 14.0 Å². The molecule has 0 amide bonds. The van der Waals surface area contributed by atoms with E-state index in [9.17, 15) is 9.59 Å². The molecule has 2 aromatic heterocycles. The van der Waals surface area contributed by atoms with Crippen molar-refractivity contribution in [3.63, 3.8) is 0 Å². The molecule has 5 rings (SSSR count). The summed E-state index contributed by atoms with van der Waals surface area (Å²) in [6.45, 7) is 6.71. The molecule has 0 radical (unpaired) electrons. The van der Waals surface area contributed by atoms with Crippen LogP contribution in [0.4, 0.5) is 0 Å². The van der Waals surface area contributed by atoms with Gasteiger partial charge in [0.05, 0.1) is 17.9 Å². The standard InChI is InChI=1S/C29H28N2O4S/c1-4-34-29(33)23-16-31-24(18(2)3)12-20-13-27(35-17-19-8-6-5-7-9-19)22(28-30-10-11-36-28)14-21(20)25(31)15-26(23)32/h5-11,13-16,18,24H,4,12,17H2,1-3H3. The largest absolute Gasteiger partial charge is 0.488 e. The number of benzene rings is 2. The minimum atomic E-state index is -0.584. The van der Waals surface area contributed by atoms with Gasteiger partial charge in [0.1, 0.15) is 22.9 Å². The van der Waals surface area contributed by atoms with Crippen LogP contribution in [0, 0.1) is 5.92 Å². The summed E-state index contributed by atoms with van der Waals surface area (Å²) in [4.78, 5) is 30.0. The lowest BCUT2D eigenvalue weighted by molar-refractivity contribution is 0.0523. The second-order valence-electron chi connectivity index (χ2n) is 9.20. The third-order valence-electron chi connectivity index (χ3n) is 6.51. The Morgan fingerprint density at radius 3 is 2.67 bits per heavy atom. The average molecular weight is 501 g/mol. The van der Waals surface area contributed by atoms with E-state index >= 15 is 0 Å². The molecule has 0 N–H and O–H groups in total. The number of ether oxygens (including phenoxy) is 2. The summed E-state index contributed by atoms with van der Waals surface area (Å²) in [5.41, 5.74) is 4.56. The van der Waals surface area contributed by atoms with Crippen LogP contribution in [0.25, 0.3) is 21.8 Å². The first-order valence-corrected chi connectivity index (χ1v) is 13.0. The van der Waals surface area contributed by atoms with Crippen molar-refractivity contribution in [2.75, 3.05) is 6.61 Å². The van der Waals surface area contributed by atoms with Crippen LogP contribution in [0.3, 0.4) is 0 Å². The van der Waals surface area contributed by atoms with Gasteiger partial charge in [0.25, 0.3) is 0 Å². The number of thiazole rings is 1. The molecular formula is C29H28N2O4S. The maximum Gasteiger partial charge on any atom is 0.343 e. The lowest BCUT2D eigenvalue weighted by Crippen LogP contribution is -2.28. The fourth-order valence-electron chi connectivity index (χ4n) is 4.69. The van der Waals surface area contributed by atoms with Crippen LogP contribution >= 0.6 is 11.3 Å². The highest BCUT2D eigenvalue weighted by Crippen LogP contribution is 2.43. The predicted molar refractivity (Wildman–Crippen MR) is 142 cm³/mol. The Balaban J connectivity index is 1.64. The number of carbonyl (C=O) groups is 1. The van der Waals surface area contributed by atoms with Gasteiger partial charge in [-0.05, 0) is 42.5 Å². The monoisotopic (exact) mass is 500 g/mol. The number of carbonyl (C=O) groups excluding carboxylic acids is 1. The molecule has 3 heterocycles. The average Bonchev–Trinajstić information content (AvgIpc) is 3.41. The fourth-order valence-corrected chi connectivity index (χ4v) is 5.35. The highest BCUT2D eigenvalue weighted by Gasteiger charge is 2.30. The Hall–Kier alpha value is -3.71. The number of hydrogen-bond donors (Lipinski definition) is 0. The van der Waals surface area contributed by atoms with Gasteiger partial charge >= 0.3 is 5.97 Å². The maximum atomic E-state index is 13.0. The van der Waals surface area contributed by atoms with Crippen LogP contribution < -0.4 is 10.2 Å². The molecule has 0 aliphatic carbocycles. The number of pyridine rings is 1. The summed E-state index contributed by atoms with van der Waals surface area (Å²) in [7, 11) is 0. The second kappa shape index (κ2) is 10.1. The SMILES string of the molecule is CCOC(=O)c1cn2c(cc1=O)-c1cc(-c3nccs3)c(OCc3ccccc3)cc1CC2C(C)C. The Morgan fingerprint density at radius 2 is 1.97 bits per heavy atom. The van der Waals surface area contributed by atoms with E-state index in [0.29, 0.717) is 6.61 Å². The van der Waals surface area contributed by atoms with Crippen molar-refractivity contribution in [3.8, 4) is 27.6 Å². The van der Waals surface area contributed by atoms with Crippen molar-refractivity contribution >= 4 is 17.3 Å². The Bertz CT molecular complexity index is 1440. The van der Waals surface area contributed by atoms with E-state index in [0.717, 1.165) is 45.1 Å². The molecule has 1 aliphatic heterocycles. The molecule has 184 valence electrons. The smallest absolute Gasteiger partial charge is 0.343 e. The van der Waals surface area contributed by atoms with E-state index in [2.05, 4.69) is 35.5 Å². The summed E-state index contributed by atoms with van der Waals surface area (Å²) >= 11 is 1.54. The van der Waals surface area contributed by atoms with E-state index in [1.165, 1.54) is 0 Å². The number of rotatable bonds is 7. The molecule has 1 atom stereocenters. The first-order valence-electron chi connectivity index (χ1n) is 12.1. The molecule has 6 nitrogen and oxygen atoms in total. The van der Waals surface area contributed by atoms with Gasteiger partial charge in [-0.3, -0.25) is 4.79 Å². The topological polar surface area (TPSA) is 70.4 Å². The Labute approximate surface area is 214 Å². The van der Waals surface area contributed by atoms with Gasteiger partial charge in [-0.1, -0.05) is 44.2 Å². The van der Waals surface area contributed by atoms with Crippen LogP contribution in [0.2, 0.25) is 0 Å². The van der Waals surface area contributed by atoms with E-state index < -0.39 is 5.97 Å². The van der Waals surface area contributed by atoms with Gasteiger partial charge in [0.2, 0.25) is 0 Å². The Kier molecular flexibility index (Phi) is 6.74. The summed E-state index contributed by atoms with van der Waals surface area (Å²) in [5.74, 6) is 0.468. The molecule has 2 aromatic carbocycles. The van der Waals surface area contributed by atoms with E-state index in [-0.39, 0.29) is 29.6 Å². The van der Waals surface area contributed by atoms with Crippen LogP contribution in [-0.2, 0) is 17.8 Å².